The van der Waals surface area contributed by atoms with Crippen LogP contribution in [0.1, 0.15) is 12.5 Å². The fourth-order valence-electron chi connectivity index (χ4n) is 1.46. The number of hydrogen-bond donors (Lipinski definition) is 1. The Morgan fingerprint density at radius 3 is 2.71 bits per heavy atom. The molecule has 1 rings (SSSR count). The van der Waals surface area contributed by atoms with Crippen LogP contribution in [0.25, 0.3) is 5.57 Å². The fourth-order valence-corrected chi connectivity index (χ4v) is 1.46. The summed E-state index contributed by atoms with van der Waals surface area (Å²) in [6, 6.07) is 5.43. The summed E-state index contributed by atoms with van der Waals surface area (Å²) in [4.78, 5) is 0. The molecular formula is C14H18O3. The van der Waals surface area contributed by atoms with Gasteiger partial charge in [0.1, 0.15) is 0 Å². The number of rotatable bonds is 6. The van der Waals surface area contributed by atoms with E-state index >= 15 is 0 Å². The molecule has 0 heterocycles. The predicted molar refractivity (Wildman–Crippen MR) is 69.4 cm³/mol. The molecule has 0 aliphatic carbocycles. The molecule has 0 radical (unpaired) electrons. The first-order valence-corrected chi connectivity index (χ1v) is 5.44. The van der Waals surface area contributed by atoms with Gasteiger partial charge in [-0.3, -0.25) is 0 Å². The summed E-state index contributed by atoms with van der Waals surface area (Å²) in [5, 5.41) is 9.64. The van der Waals surface area contributed by atoms with Gasteiger partial charge < -0.3 is 14.6 Å². The zero-order chi connectivity index (χ0) is 12.8. The van der Waals surface area contributed by atoms with Gasteiger partial charge in [-0.1, -0.05) is 18.7 Å². The summed E-state index contributed by atoms with van der Waals surface area (Å²) in [6.45, 7) is 9.82. The summed E-state index contributed by atoms with van der Waals surface area (Å²) < 4.78 is 10.6. The van der Waals surface area contributed by atoms with Crippen molar-refractivity contribution in [1.82, 2.24) is 0 Å². The van der Waals surface area contributed by atoms with Crippen molar-refractivity contribution >= 4 is 5.57 Å². The first-order valence-electron chi connectivity index (χ1n) is 5.44. The molecule has 0 saturated heterocycles. The van der Waals surface area contributed by atoms with Gasteiger partial charge in [-0.25, -0.2) is 0 Å². The molecule has 3 nitrogen and oxygen atoms in total. The van der Waals surface area contributed by atoms with E-state index < -0.39 is 6.10 Å². The predicted octanol–water partition coefficient (Wildman–Crippen LogP) is 2.65. The smallest absolute Gasteiger partial charge is 0.161 e. The van der Waals surface area contributed by atoms with Crippen LogP contribution < -0.4 is 9.47 Å². The van der Waals surface area contributed by atoms with Crippen LogP contribution in [0.2, 0.25) is 0 Å². The Balaban J connectivity index is 3.06. The number of ether oxygens (including phenoxy) is 2. The maximum Gasteiger partial charge on any atom is 0.161 e. The van der Waals surface area contributed by atoms with Crippen LogP contribution >= 0.6 is 0 Å². The van der Waals surface area contributed by atoms with Crippen molar-refractivity contribution in [2.75, 3.05) is 13.7 Å². The standard InChI is InChI=1S/C14H18O3/c1-5-12(15)10(3)11-7-8-13(16-4)14(9-11)17-6-2/h5,7-9,12,15H,1,3,6H2,2,4H3. The van der Waals surface area contributed by atoms with Crippen molar-refractivity contribution in [3.05, 3.63) is 43.0 Å². The number of aliphatic hydroxyl groups is 1. The number of hydrogen-bond acceptors (Lipinski definition) is 3. The van der Waals surface area contributed by atoms with Crippen LogP contribution in [0, 0.1) is 0 Å². The average Bonchev–Trinajstić information content (AvgIpc) is 2.37. The van der Waals surface area contributed by atoms with E-state index in [-0.39, 0.29) is 0 Å². The minimum atomic E-state index is -0.752. The van der Waals surface area contributed by atoms with Gasteiger partial charge in [0.05, 0.1) is 19.8 Å². The topological polar surface area (TPSA) is 38.7 Å². The maximum atomic E-state index is 9.64. The lowest BCUT2D eigenvalue weighted by Gasteiger charge is -2.14. The molecule has 1 atom stereocenters. The second-order valence-corrected chi connectivity index (χ2v) is 3.50. The maximum absolute atomic E-state index is 9.64. The lowest BCUT2D eigenvalue weighted by atomic mass is 10.0. The second-order valence-electron chi connectivity index (χ2n) is 3.50. The van der Waals surface area contributed by atoms with E-state index in [0.717, 1.165) is 5.56 Å². The molecule has 17 heavy (non-hydrogen) atoms. The van der Waals surface area contributed by atoms with E-state index in [1.54, 1.807) is 19.2 Å². The summed E-state index contributed by atoms with van der Waals surface area (Å²) in [5.74, 6) is 1.31. The molecule has 0 spiro atoms. The van der Waals surface area contributed by atoms with Crippen molar-refractivity contribution in [3.63, 3.8) is 0 Å². The Kier molecular flexibility index (Phi) is 4.79. The highest BCUT2D eigenvalue weighted by molar-refractivity contribution is 5.70. The fraction of sp³-hybridized carbons (Fsp3) is 0.286. The van der Waals surface area contributed by atoms with Gasteiger partial charge in [0.25, 0.3) is 0 Å². The van der Waals surface area contributed by atoms with Crippen molar-refractivity contribution in [1.29, 1.82) is 0 Å². The Morgan fingerprint density at radius 1 is 1.47 bits per heavy atom. The first kappa shape index (κ1) is 13.3. The van der Waals surface area contributed by atoms with Gasteiger partial charge in [-0.15, -0.1) is 6.58 Å². The van der Waals surface area contributed by atoms with E-state index in [9.17, 15) is 5.11 Å². The first-order chi connectivity index (χ1) is 8.13. The minimum Gasteiger partial charge on any atom is -0.493 e. The summed E-state index contributed by atoms with van der Waals surface area (Å²) >= 11 is 0. The van der Waals surface area contributed by atoms with Gasteiger partial charge in [0.15, 0.2) is 11.5 Å². The largest absolute Gasteiger partial charge is 0.493 e. The molecule has 1 aromatic rings. The Bertz CT molecular complexity index is 410. The van der Waals surface area contributed by atoms with E-state index in [0.29, 0.717) is 23.7 Å². The summed E-state index contributed by atoms with van der Waals surface area (Å²) in [6.07, 6.45) is 0.685. The highest BCUT2D eigenvalue weighted by Crippen LogP contribution is 2.31. The van der Waals surface area contributed by atoms with Gasteiger partial charge in [-0.2, -0.15) is 0 Å². The van der Waals surface area contributed by atoms with Crippen LogP contribution in [-0.2, 0) is 0 Å². The third-order valence-electron chi connectivity index (χ3n) is 2.41. The van der Waals surface area contributed by atoms with E-state index in [1.165, 1.54) is 6.08 Å². The molecule has 0 saturated carbocycles. The molecule has 0 amide bonds. The highest BCUT2D eigenvalue weighted by atomic mass is 16.5. The second kappa shape index (κ2) is 6.11. The molecular weight excluding hydrogens is 216 g/mol. The third-order valence-corrected chi connectivity index (χ3v) is 2.41. The van der Waals surface area contributed by atoms with Crippen LogP contribution in [0.3, 0.4) is 0 Å². The molecule has 0 aliphatic rings. The summed E-state index contributed by atoms with van der Waals surface area (Å²) in [5.41, 5.74) is 1.39. The lowest BCUT2D eigenvalue weighted by molar-refractivity contribution is 0.281. The highest BCUT2D eigenvalue weighted by Gasteiger charge is 2.11. The van der Waals surface area contributed by atoms with E-state index in [1.807, 2.05) is 13.0 Å². The van der Waals surface area contributed by atoms with Gasteiger partial charge in [0, 0.05) is 0 Å². The molecule has 0 bridgehead atoms. The Hall–Kier alpha value is -1.74. The monoisotopic (exact) mass is 234 g/mol. The molecule has 92 valence electrons. The number of benzene rings is 1. The Morgan fingerprint density at radius 2 is 2.18 bits per heavy atom. The van der Waals surface area contributed by atoms with Gasteiger partial charge in [-0.05, 0) is 30.2 Å². The van der Waals surface area contributed by atoms with E-state index in [4.69, 9.17) is 9.47 Å². The molecule has 0 aliphatic heterocycles. The quantitative estimate of drug-likeness (QED) is 0.769. The van der Waals surface area contributed by atoms with Crippen LogP contribution in [0.4, 0.5) is 0 Å². The molecule has 1 unspecified atom stereocenters. The van der Waals surface area contributed by atoms with Crippen molar-refractivity contribution in [3.8, 4) is 11.5 Å². The third kappa shape index (κ3) is 3.11. The normalized spacial score (nSPS) is 11.7. The van der Waals surface area contributed by atoms with E-state index in [2.05, 4.69) is 13.2 Å². The molecule has 0 fully saturated rings. The van der Waals surface area contributed by atoms with Crippen LogP contribution in [0.5, 0.6) is 11.5 Å². The minimum absolute atomic E-state index is 0.552. The van der Waals surface area contributed by atoms with Crippen molar-refractivity contribution in [2.24, 2.45) is 0 Å². The average molecular weight is 234 g/mol. The van der Waals surface area contributed by atoms with Crippen molar-refractivity contribution in [2.45, 2.75) is 13.0 Å². The van der Waals surface area contributed by atoms with Gasteiger partial charge >= 0.3 is 0 Å². The molecule has 1 N–H and O–H groups in total. The zero-order valence-electron chi connectivity index (χ0n) is 10.3. The molecule has 3 heteroatoms. The van der Waals surface area contributed by atoms with Crippen LogP contribution in [-0.4, -0.2) is 24.9 Å². The number of aliphatic hydroxyl groups excluding tert-OH is 1. The SMILES string of the molecule is C=CC(O)C(=C)c1ccc(OC)c(OCC)c1. The lowest BCUT2D eigenvalue weighted by Crippen LogP contribution is -2.04. The number of methoxy groups -OCH3 is 1. The van der Waals surface area contributed by atoms with Gasteiger partial charge in [0.2, 0.25) is 0 Å². The van der Waals surface area contributed by atoms with Crippen molar-refractivity contribution < 1.29 is 14.6 Å². The molecule has 1 aromatic carbocycles. The molecule has 0 aromatic heterocycles. The van der Waals surface area contributed by atoms with Crippen LogP contribution in [0.15, 0.2) is 37.4 Å². The summed E-state index contributed by atoms with van der Waals surface area (Å²) in [7, 11) is 1.59. The zero-order valence-corrected chi connectivity index (χ0v) is 10.3. The Labute approximate surface area is 102 Å².